The van der Waals surface area contributed by atoms with Crippen LogP contribution in [0.25, 0.3) is 5.57 Å². The van der Waals surface area contributed by atoms with E-state index in [2.05, 4.69) is 10.3 Å². The zero-order valence-electron chi connectivity index (χ0n) is 11.4. The minimum absolute atomic E-state index is 0.357. The maximum atomic E-state index is 12.2. The lowest BCUT2D eigenvalue weighted by atomic mass is 10.0. The molecule has 4 heteroatoms. The monoisotopic (exact) mass is 258 g/mol. The molecule has 1 aliphatic rings. The molecular formula is C15H18N2O2. The van der Waals surface area contributed by atoms with E-state index in [0.717, 1.165) is 17.7 Å². The molecule has 0 aliphatic carbocycles. The summed E-state index contributed by atoms with van der Waals surface area (Å²) >= 11 is 0. The van der Waals surface area contributed by atoms with E-state index in [0.29, 0.717) is 5.69 Å². The summed E-state index contributed by atoms with van der Waals surface area (Å²) in [6, 6.07) is 3.70. The molecule has 0 radical (unpaired) electrons. The highest BCUT2D eigenvalue weighted by atomic mass is 16.6. The van der Waals surface area contributed by atoms with Gasteiger partial charge in [-0.15, -0.1) is 0 Å². The topological polar surface area (TPSA) is 51.2 Å². The van der Waals surface area contributed by atoms with Crippen molar-refractivity contribution < 1.29 is 9.53 Å². The van der Waals surface area contributed by atoms with E-state index < -0.39 is 11.6 Å². The largest absolute Gasteiger partial charge is 0.455 e. The molecule has 1 N–H and O–H groups in total. The maximum Gasteiger partial charge on any atom is 0.358 e. The third-order valence-electron chi connectivity index (χ3n) is 2.53. The van der Waals surface area contributed by atoms with Crippen molar-refractivity contribution in [3.8, 4) is 0 Å². The molecule has 0 fully saturated rings. The fourth-order valence-electron chi connectivity index (χ4n) is 1.78. The molecule has 0 amide bonds. The summed E-state index contributed by atoms with van der Waals surface area (Å²) in [6.45, 7) is 6.28. The number of carbonyl (C=O) groups is 1. The Balaban J connectivity index is 2.34. The van der Waals surface area contributed by atoms with Crippen LogP contribution in [0.1, 0.15) is 36.8 Å². The highest BCUT2D eigenvalue weighted by Gasteiger charge is 2.22. The Morgan fingerprint density at radius 2 is 2.21 bits per heavy atom. The third kappa shape index (κ3) is 3.44. The molecule has 1 aromatic rings. The van der Waals surface area contributed by atoms with Crippen molar-refractivity contribution in [3.05, 3.63) is 47.9 Å². The van der Waals surface area contributed by atoms with E-state index in [9.17, 15) is 4.79 Å². The van der Waals surface area contributed by atoms with Gasteiger partial charge in [0.25, 0.3) is 0 Å². The van der Waals surface area contributed by atoms with Crippen LogP contribution < -0.4 is 5.32 Å². The standard InChI is InChI=1S/C15H18N2O2/c1-15(2,3)19-14(18)13-12(5-4-8-17-13)11-6-9-16-10-7-11/h4-9,16H,10H2,1-3H3. The second-order valence-corrected chi connectivity index (χ2v) is 5.30. The first kappa shape index (κ1) is 13.3. The number of nitrogens with one attached hydrogen (secondary N) is 1. The van der Waals surface area contributed by atoms with E-state index in [4.69, 9.17) is 4.74 Å². The van der Waals surface area contributed by atoms with Gasteiger partial charge in [-0.05, 0) is 44.7 Å². The van der Waals surface area contributed by atoms with Gasteiger partial charge in [0, 0.05) is 18.3 Å². The highest BCUT2D eigenvalue weighted by Crippen LogP contribution is 2.22. The van der Waals surface area contributed by atoms with Crippen molar-refractivity contribution in [1.29, 1.82) is 0 Å². The smallest absolute Gasteiger partial charge is 0.358 e. The minimum Gasteiger partial charge on any atom is -0.455 e. The summed E-state index contributed by atoms with van der Waals surface area (Å²) in [5, 5.41) is 3.08. The van der Waals surface area contributed by atoms with Gasteiger partial charge in [-0.2, -0.15) is 0 Å². The van der Waals surface area contributed by atoms with Crippen molar-refractivity contribution in [3.63, 3.8) is 0 Å². The summed E-state index contributed by atoms with van der Waals surface area (Å²) in [4.78, 5) is 16.3. The summed E-state index contributed by atoms with van der Waals surface area (Å²) in [5.74, 6) is -0.393. The Morgan fingerprint density at radius 3 is 2.84 bits per heavy atom. The average molecular weight is 258 g/mol. The summed E-state index contributed by atoms with van der Waals surface area (Å²) in [6.07, 6.45) is 7.41. The highest BCUT2D eigenvalue weighted by molar-refractivity contribution is 5.95. The maximum absolute atomic E-state index is 12.2. The molecule has 0 spiro atoms. The van der Waals surface area contributed by atoms with Gasteiger partial charge >= 0.3 is 5.97 Å². The fraction of sp³-hybridized carbons (Fsp3) is 0.333. The van der Waals surface area contributed by atoms with Crippen LogP contribution in [0.15, 0.2) is 36.7 Å². The Morgan fingerprint density at radius 1 is 1.42 bits per heavy atom. The lowest BCUT2D eigenvalue weighted by molar-refractivity contribution is 0.00625. The molecule has 0 aromatic carbocycles. The molecule has 2 rings (SSSR count). The summed E-state index contributed by atoms with van der Waals surface area (Å²) < 4.78 is 5.39. The van der Waals surface area contributed by atoms with E-state index in [1.807, 2.05) is 51.3 Å². The van der Waals surface area contributed by atoms with Crippen LogP contribution in [0.2, 0.25) is 0 Å². The SMILES string of the molecule is CC(C)(C)OC(=O)c1ncccc1C1=CCNC=C1. The van der Waals surface area contributed by atoms with E-state index in [1.54, 1.807) is 6.20 Å². The van der Waals surface area contributed by atoms with Crippen molar-refractivity contribution in [2.24, 2.45) is 0 Å². The number of ether oxygens (including phenoxy) is 1. The van der Waals surface area contributed by atoms with Crippen LogP contribution in [0.5, 0.6) is 0 Å². The molecule has 4 nitrogen and oxygen atoms in total. The molecule has 0 bridgehead atoms. The summed E-state index contributed by atoms with van der Waals surface area (Å²) in [5.41, 5.74) is 1.61. The Kier molecular flexibility index (Phi) is 3.69. The number of carbonyl (C=O) groups excluding carboxylic acids is 1. The van der Waals surface area contributed by atoms with Crippen LogP contribution in [0.3, 0.4) is 0 Å². The second kappa shape index (κ2) is 5.26. The normalized spacial score (nSPS) is 14.6. The quantitative estimate of drug-likeness (QED) is 0.828. The molecule has 0 atom stereocenters. The molecule has 19 heavy (non-hydrogen) atoms. The number of nitrogens with zero attached hydrogens (tertiary/aromatic N) is 1. The minimum atomic E-state index is -0.524. The number of allylic oxidation sites excluding steroid dienone is 2. The van der Waals surface area contributed by atoms with Gasteiger partial charge in [0.1, 0.15) is 5.60 Å². The van der Waals surface area contributed by atoms with E-state index >= 15 is 0 Å². The van der Waals surface area contributed by atoms with E-state index in [-0.39, 0.29) is 0 Å². The van der Waals surface area contributed by atoms with Crippen molar-refractivity contribution in [2.45, 2.75) is 26.4 Å². The van der Waals surface area contributed by atoms with Gasteiger partial charge in [0.05, 0.1) is 0 Å². The number of hydrogen-bond acceptors (Lipinski definition) is 4. The number of dihydropyridines is 1. The van der Waals surface area contributed by atoms with Gasteiger partial charge in [0.2, 0.25) is 0 Å². The van der Waals surface area contributed by atoms with Gasteiger partial charge in [-0.3, -0.25) is 0 Å². The van der Waals surface area contributed by atoms with Crippen molar-refractivity contribution >= 4 is 11.5 Å². The van der Waals surface area contributed by atoms with E-state index in [1.165, 1.54) is 0 Å². The van der Waals surface area contributed by atoms with Gasteiger partial charge in [0.15, 0.2) is 5.69 Å². The Bertz CT molecular complexity index is 539. The molecule has 1 aromatic heterocycles. The van der Waals surface area contributed by atoms with Crippen LogP contribution in [-0.2, 0) is 4.74 Å². The van der Waals surface area contributed by atoms with Gasteiger partial charge < -0.3 is 10.1 Å². The predicted molar refractivity (Wildman–Crippen MR) is 74.5 cm³/mol. The van der Waals surface area contributed by atoms with Crippen LogP contribution in [-0.4, -0.2) is 23.1 Å². The third-order valence-corrected chi connectivity index (χ3v) is 2.53. The van der Waals surface area contributed by atoms with Gasteiger partial charge in [-0.1, -0.05) is 12.1 Å². The Hall–Kier alpha value is -2.10. The number of hydrogen-bond donors (Lipinski definition) is 1. The first-order valence-corrected chi connectivity index (χ1v) is 6.26. The number of aromatic nitrogens is 1. The molecule has 2 heterocycles. The second-order valence-electron chi connectivity index (χ2n) is 5.30. The molecule has 100 valence electrons. The zero-order chi connectivity index (χ0) is 13.9. The molecule has 1 aliphatic heterocycles. The number of pyridine rings is 1. The zero-order valence-corrected chi connectivity index (χ0v) is 11.4. The van der Waals surface area contributed by atoms with Crippen LogP contribution in [0, 0.1) is 0 Å². The molecule has 0 saturated heterocycles. The number of rotatable bonds is 2. The average Bonchev–Trinajstić information content (AvgIpc) is 2.38. The van der Waals surface area contributed by atoms with Crippen molar-refractivity contribution in [2.75, 3.05) is 6.54 Å². The first-order valence-electron chi connectivity index (χ1n) is 6.26. The first-order chi connectivity index (χ1) is 8.97. The summed E-state index contributed by atoms with van der Waals surface area (Å²) in [7, 11) is 0. The molecule has 0 unspecified atom stereocenters. The fourth-order valence-corrected chi connectivity index (χ4v) is 1.78. The lowest BCUT2D eigenvalue weighted by Gasteiger charge is -2.20. The van der Waals surface area contributed by atoms with Crippen molar-refractivity contribution in [1.82, 2.24) is 10.3 Å². The predicted octanol–water partition coefficient (Wildman–Crippen LogP) is 2.54. The van der Waals surface area contributed by atoms with Gasteiger partial charge in [-0.25, -0.2) is 9.78 Å². The number of esters is 1. The van der Waals surface area contributed by atoms with Crippen LogP contribution >= 0.6 is 0 Å². The molecular weight excluding hydrogens is 240 g/mol. The van der Waals surface area contributed by atoms with Crippen LogP contribution in [0.4, 0.5) is 0 Å². The lowest BCUT2D eigenvalue weighted by Crippen LogP contribution is -2.25. The Labute approximate surface area is 113 Å². The molecule has 0 saturated carbocycles.